The van der Waals surface area contributed by atoms with Gasteiger partial charge in [-0.2, -0.15) is 13.2 Å². The van der Waals surface area contributed by atoms with Crippen LogP contribution in [-0.4, -0.2) is 18.1 Å². The number of hydrogen-bond acceptors (Lipinski definition) is 3. The number of methoxy groups -OCH3 is 1. The Labute approximate surface area is 102 Å². The minimum Gasteiger partial charge on any atom is -0.464 e. The molecule has 0 amide bonds. The molecule has 1 aromatic heterocycles. The van der Waals surface area contributed by atoms with E-state index in [1.807, 2.05) is 0 Å². The number of ether oxygens (including phenoxy) is 1. The van der Waals surface area contributed by atoms with Crippen LogP contribution < -0.4 is 0 Å². The summed E-state index contributed by atoms with van der Waals surface area (Å²) in [6.07, 6.45) is -2.14. The van der Waals surface area contributed by atoms with Crippen LogP contribution >= 0.6 is 0 Å². The van der Waals surface area contributed by atoms with Crippen molar-refractivity contribution in [2.45, 2.75) is 31.4 Å². The third-order valence-electron chi connectivity index (χ3n) is 3.13. The van der Waals surface area contributed by atoms with Gasteiger partial charge in [-0.3, -0.25) is 0 Å². The number of nitrogens with zero attached hydrogens (tertiary/aromatic N) is 1. The van der Waals surface area contributed by atoms with Gasteiger partial charge in [-0.25, -0.2) is 9.78 Å². The van der Waals surface area contributed by atoms with Crippen LogP contribution in [0.15, 0.2) is 12.1 Å². The van der Waals surface area contributed by atoms with Crippen LogP contribution in [0.3, 0.4) is 0 Å². The van der Waals surface area contributed by atoms with Crippen LogP contribution in [-0.2, 0) is 10.9 Å². The molecule has 2 rings (SSSR count). The second-order valence-corrected chi connectivity index (χ2v) is 4.25. The van der Waals surface area contributed by atoms with Crippen molar-refractivity contribution < 1.29 is 22.7 Å². The summed E-state index contributed by atoms with van der Waals surface area (Å²) in [7, 11) is 1.11. The highest BCUT2D eigenvalue weighted by Gasteiger charge is 2.39. The second-order valence-electron chi connectivity index (χ2n) is 4.25. The standard InChI is InChI=1S/C12H12F3NO2/c1-18-11(17)9-6-5-8(7-3-2-4-7)10(16-9)12(13,14)15/h5-7H,2-4H2,1H3. The SMILES string of the molecule is COC(=O)c1ccc(C2CCC2)c(C(F)(F)F)n1. The molecule has 1 heterocycles. The van der Waals surface area contributed by atoms with Gasteiger partial charge < -0.3 is 4.74 Å². The zero-order valence-electron chi connectivity index (χ0n) is 9.75. The summed E-state index contributed by atoms with van der Waals surface area (Å²) in [6.45, 7) is 0. The molecule has 0 aromatic carbocycles. The molecule has 0 aliphatic heterocycles. The van der Waals surface area contributed by atoms with E-state index in [1.165, 1.54) is 12.1 Å². The molecule has 98 valence electrons. The highest BCUT2D eigenvalue weighted by molar-refractivity contribution is 5.87. The number of esters is 1. The van der Waals surface area contributed by atoms with Gasteiger partial charge in [-0.05, 0) is 30.4 Å². The lowest BCUT2D eigenvalue weighted by molar-refractivity contribution is -0.142. The molecule has 0 N–H and O–H groups in total. The molecule has 1 aliphatic carbocycles. The van der Waals surface area contributed by atoms with Crippen LogP contribution in [0.2, 0.25) is 0 Å². The van der Waals surface area contributed by atoms with Crippen molar-refractivity contribution in [1.82, 2.24) is 4.98 Å². The summed E-state index contributed by atoms with van der Waals surface area (Å²) < 4.78 is 43.1. The number of hydrogen-bond donors (Lipinski definition) is 0. The quantitative estimate of drug-likeness (QED) is 0.766. The zero-order valence-corrected chi connectivity index (χ0v) is 9.75. The predicted molar refractivity (Wildman–Crippen MR) is 57.2 cm³/mol. The smallest absolute Gasteiger partial charge is 0.433 e. The van der Waals surface area contributed by atoms with Gasteiger partial charge >= 0.3 is 12.1 Å². The van der Waals surface area contributed by atoms with E-state index in [0.29, 0.717) is 0 Å². The summed E-state index contributed by atoms with van der Waals surface area (Å²) in [5, 5.41) is 0. The Hall–Kier alpha value is -1.59. The highest BCUT2D eigenvalue weighted by atomic mass is 19.4. The maximum Gasteiger partial charge on any atom is 0.433 e. The Morgan fingerprint density at radius 3 is 2.50 bits per heavy atom. The molecule has 0 bridgehead atoms. The fourth-order valence-electron chi connectivity index (χ4n) is 1.96. The molecular formula is C12H12F3NO2. The zero-order chi connectivity index (χ0) is 13.3. The van der Waals surface area contributed by atoms with E-state index in [4.69, 9.17) is 0 Å². The van der Waals surface area contributed by atoms with Gasteiger partial charge in [0.05, 0.1) is 7.11 Å². The molecule has 0 atom stereocenters. The molecule has 3 nitrogen and oxygen atoms in total. The van der Waals surface area contributed by atoms with Crippen molar-refractivity contribution in [2.75, 3.05) is 7.11 Å². The van der Waals surface area contributed by atoms with Gasteiger partial charge in [0.1, 0.15) is 11.4 Å². The van der Waals surface area contributed by atoms with Crippen LogP contribution in [0.5, 0.6) is 0 Å². The van der Waals surface area contributed by atoms with E-state index in [-0.39, 0.29) is 17.2 Å². The second kappa shape index (κ2) is 4.59. The lowest BCUT2D eigenvalue weighted by Gasteiger charge is -2.28. The number of pyridine rings is 1. The lowest BCUT2D eigenvalue weighted by atomic mass is 9.79. The number of alkyl halides is 3. The van der Waals surface area contributed by atoms with E-state index in [1.54, 1.807) is 0 Å². The van der Waals surface area contributed by atoms with Gasteiger partial charge in [-0.1, -0.05) is 12.5 Å². The van der Waals surface area contributed by atoms with Gasteiger partial charge in [0.25, 0.3) is 0 Å². The molecule has 6 heteroatoms. The van der Waals surface area contributed by atoms with Crippen molar-refractivity contribution in [3.63, 3.8) is 0 Å². The molecule has 1 fully saturated rings. The molecule has 0 unspecified atom stereocenters. The Morgan fingerprint density at radius 2 is 2.06 bits per heavy atom. The molecule has 1 saturated carbocycles. The van der Waals surface area contributed by atoms with Crippen molar-refractivity contribution in [2.24, 2.45) is 0 Å². The van der Waals surface area contributed by atoms with Crippen molar-refractivity contribution in [3.8, 4) is 0 Å². The van der Waals surface area contributed by atoms with Crippen molar-refractivity contribution in [3.05, 3.63) is 29.1 Å². The Balaban J connectivity index is 2.45. The first kappa shape index (κ1) is 12.9. The molecule has 1 aliphatic rings. The summed E-state index contributed by atoms with van der Waals surface area (Å²) in [5.41, 5.74) is -1.09. The summed E-state index contributed by atoms with van der Waals surface area (Å²) in [6, 6.07) is 2.63. The summed E-state index contributed by atoms with van der Waals surface area (Å²) in [4.78, 5) is 14.6. The largest absolute Gasteiger partial charge is 0.464 e. The average Bonchev–Trinajstić information content (AvgIpc) is 2.24. The first-order valence-corrected chi connectivity index (χ1v) is 5.60. The topological polar surface area (TPSA) is 39.2 Å². The third kappa shape index (κ3) is 2.32. The van der Waals surface area contributed by atoms with Crippen LogP contribution in [0, 0.1) is 0 Å². The fraction of sp³-hybridized carbons (Fsp3) is 0.500. The fourth-order valence-corrected chi connectivity index (χ4v) is 1.96. The van der Waals surface area contributed by atoms with E-state index in [0.717, 1.165) is 26.4 Å². The van der Waals surface area contributed by atoms with E-state index in [9.17, 15) is 18.0 Å². The first-order chi connectivity index (χ1) is 8.43. The Bertz CT molecular complexity index is 467. The molecule has 0 spiro atoms. The third-order valence-corrected chi connectivity index (χ3v) is 3.13. The van der Waals surface area contributed by atoms with Gasteiger partial charge in [-0.15, -0.1) is 0 Å². The molecule has 18 heavy (non-hydrogen) atoms. The maximum absolute atomic E-state index is 12.9. The maximum atomic E-state index is 12.9. The van der Waals surface area contributed by atoms with Crippen LogP contribution in [0.1, 0.15) is 46.9 Å². The normalized spacial score (nSPS) is 16.2. The molecular weight excluding hydrogens is 247 g/mol. The average molecular weight is 259 g/mol. The molecule has 1 aromatic rings. The monoisotopic (exact) mass is 259 g/mol. The van der Waals surface area contributed by atoms with E-state index >= 15 is 0 Å². The lowest BCUT2D eigenvalue weighted by Crippen LogP contribution is -2.20. The Kier molecular flexibility index (Phi) is 3.28. The number of rotatable bonds is 2. The van der Waals surface area contributed by atoms with Crippen molar-refractivity contribution in [1.29, 1.82) is 0 Å². The highest BCUT2D eigenvalue weighted by Crippen LogP contribution is 2.42. The number of carbonyl (C=O) groups excluding carboxylic acids is 1. The summed E-state index contributed by atoms with van der Waals surface area (Å²) in [5.74, 6) is -0.957. The van der Waals surface area contributed by atoms with Crippen molar-refractivity contribution >= 4 is 5.97 Å². The number of halogens is 3. The molecule has 0 saturated heterocycles. The van der Waals surface area contributed by atoms with Crippen LogP contribution in [0.4, 0.5) is 13.2 Å². The van der Waals surface area contributed by atoms with E-state index in [2.05, 4.69) is 9.72 Å². The predicted octanol–water partition coefficient (Wildman–Crippen LogP) is 3.15. The minimum atomic E-state index is -4.55. The van der Waals surface area contributed by atoms with Crippen LogP contribution in [0.25, 0.3) is 0 Å². The van der Waals surface area contributed by atoms with Gasteiger partial charge in [0.15, 0.2) is 0 Å². The van der Waals surface area contributed by atoms with Gasteiger partial charge in [0, 0.05) is 0 Å². The number of carbonyl (C=O) groups is 1. The Morgan fingerprint density at radius 1 is 1.39 bits per heavy atom. The van der Waals surface area contributed by atoms with E-state index < -0.39 is 17.8 Å². The summed E-state index contributed by atoms with van der Waals surface area (Å²) >= 11 is 0. The number of aromatic nitrogens is 1. The first-order valence-electron chi connectivity index (χ1n) is 5.60. The molecule has 0 radical (unpaired) electrons. The van der Waals surface area contributed by atoms with Gasteiger partial charge in [0.2, 0.25) is 0 Å². The minimum absolute atomic E-state index is 0.0965.